The summed E-state index contributed by atoms with van der Waals surface area (Å²) in [6.07, 6.45) is 0.457. The Kier molecular flexibility index (Phi) is 3.83. The van der Waals surface area contributed by atoms with Crippen LogP contribution in [0.1, 0.15) is 12.2 Å². The van der Waals surface area contributed by atoms with E-state index in [1.54, 1.807) is 0 Å². The van der Waals surface area contributed by atoms with Gasteiger partial charge in [0.15, 0.2) is 0 Å². The van der Waals surface area contributed by atoms with Gasteiger partial charge in [0, 0.05) is 6.54 Å². The molecule has 0 saturated heterocycles. The first kappa shape index (κ1) is 13.2. The molecule has 0 aliphatic carbocycles. The molecule has 1 aromatic heterocycles. The smallest absolute Gasteiger partial charge is 0.148 e. The molecule has 4 nitrogen and oxygen atoms in total. The molecule has 0 aliphatic rings. The minimum atomic E-state index is 0.393. The van der Waals surface area contributed by atoms with Crippen LogP contribution in [-0.4, -0.2) is 9.55 Å². The van der Waals surface area contributed by atoms with Crippen molar-refractivity contribution in [1.29, 1.82) is 5.26 Å². The highest BCUT2D eigenvalue weighted by molar-refractivity contribution is 5.75. The van der Waals surface area contributed by atoms with Gasteiger partial charge in [0.2, 0.25) is 0 Å². The van der Waals surface area contributed by atoms with E-state index in [-0.39, 0.29) is 0 Å². The number of hydrogen-bond donors (Lipinski definition) is 0. The van der Waals surface area contributed by atoms with Gasteiger partial charge in [-0.2, -0.15) is 5.26 Å². The van der Waals surface area contributed by atoms with Crippen LogP contribution in [0.15, 0.2) is 54.6 Å². The lowest BCUT2D eigenvalue weighted by Crippen LogP contribution is -2.07. The zero-order valence-corrected chi connectivity index (χ0v) is 11.6. The quantitative estimate of drug-likeness (QED) is 0.717. The topological polar surface area (TPSA) is 50.8 Å². The first-order chi connectivity index (χ1) is 10.4. The van der Waals surface area contributed by atoms with Crippen molar-refractivity contribution in [2.45, 2.75) is 19.6 Å². The SMILES string of the molecule is N#CCCn1c(COc2ccccc2)nc2ccccc21. The van der Waals surface area contributed by atoms with E-state index in [0.717, 1.165) is 22.6 Å². The van der Waals surface area contributed by atoms with Crippen LogP contribution in [0.25, 0.3) is 11.0 Å². The molecule has 3 rings (SSSR count). The van der Waals surface area contributed by atoms with Crippen LogP contribution in [0.4, 0.5) is 0 Å². The second-order valence-corrected chi connectivity index (χ2v) is 4.68. The normalized spacial score (nSPS) is 10.4. The number of aryl methyl sites for hydroxylation is 1. The fraction of sp³-hybridized carbons (Fsp3) is 0.176. The van der Waals surface area contributed by atoms with Crippen molar-refractivity contribution in [2.24, 2.45) is 0 Å². The number of nitriles is 1. The van der Waals surface area contributed by atoms with Crippen LogP contribution in [0, 0.1) is 11.3 Å². The van der Waals surface area contributed by atoms with E-state index in [0.29, 0.717) is 19.6 Å². The second-order valence-electron chi connectivity index (χ2n) is 4.68. The minimum absolute atomic E-state index is 0.393. The Morgan fingerprint density at radius 3 is 2.62 bits per heavy atom. The Bertz CT molecular complexity index is 772. The number of nitrogens with zero attached hydrogens (tertiary/aromatic N) is 3. The van der Waals surface area contributed by atoms with Crippen molar-refractivity contribution in [2.75, 3.05) is 0 Å². The van der Waals surface area contributed by atoms with E-state index in [2.05, 4.69) is 15.6 Å². The van der Waals surface area contributed by atoms with Gasteiger partial charge in [-0.05, 0) is 24.3 Å². The predicted molar refractivity (Wildman–Crippen MR) is 80.7 cm³/mol. The first-order valence-electron chi connectivity index (χ1n) is 6.87. The molecule has 0 unspecified atom stereocenters. The summed E-state index contributed by atoms with van der Waals surface area (Å²) >= 11 is 0. The second kappa shape index (κ2) is 6.10. The van der Waals surface area contributed by atoms with Gasteiger partial charge in [0.1, 0.15) is 18.2 Å². The van der Waals surface area contributed by atoms with E-state index in [1.807, 2.05) is 54.6 Å². The molecular formula is C17H15N3O. The van der Waals surface area contributed by atoms with Crippen LogP contribution in [0.5, 0.6) is 5.75 Å². The molecule has 0 saturated carbocycles. The molecule has 0 amide bonds. The van der Waals surface area contributed by atoms with Gasteiger partial charge in [0.25, 0.3) is 0 Å². The third kappa shape index (κ3) is 2.87. The molecule has 0 N–H and O–H groups in total. The van der Waals surface area contributed by atoms with Crippen molar-refractivity contribution in [3.8, 4) is 11.8 Å². The number of hydrogen-bond acceptors (Lipinski definition) is 3. The molecular weight excluding hydrogens is 262 g/mol. The van der Waals surface area contributed by atoms with Crippen LogP contribution in [-0.2, 0) is 13.2 Å². The molecule has 0 atom stereocenters. The number of benzene rings is 2. The zero-order chi connectivity index (χ0) is 14.5. The summed E-state index contributed by atoms with van der Waals surface area (Å²) in [5, 5.41) is 8.82. The predicted octanol–water partition coefficient (Wildman–Crippen LogP) is 3.53. The summed E-state index contributed by atoms with van der Waals surface area (Å²) in [7, 11) is 0. The van der Waals surface area contributed by atoms with E-state index in [1.165, 1.54) is 0 Å². The third-order valence-corrected chi connectivity index (χ3v) is 3.29. The van der Waals surface area contributed by atoms with E-state index < -0.39 is 0 Å². The Balaban J connectivity index is 1.88. The largest absolute Gasteiger partial charge is 0.486 e. The average Bonchev–Trinajstić information content (AvgIpc) is 2.89. The van der Waals surface area contributed by atoms with E-state index >= 15 is 0 Å². The summed E-state index contributed by atoms with van der Waals surface area (Å²) < 4.78 is 7.83. The van der Waals surface area contributed by atoms with Crippen LogP contribution in [0.3, 0.4) is 0 Å². The number of ether oxygens (including phenoxy) is 1. The molecule has 2 aromatic carbocycles. The Hall–Kier alpha value is -2.80. The van der Waals surface area contributed by atoms with Crippen molar-refractivity contribution in [3.05, 3.63) is 60.4 Å². The lowest BCUT2D eigenvalue weighted by Gasteiger charge is -2.08. The summed E-state index contributed by atoms with van der Waals surface area (Å²) in [5.74, 6) is 1.66. The van der Waals surface area contributed by atoms with Gasteiger partial charge in [-0.1, -0.05) is 30.3 Å². The standard InChI is InChI=1S/C17H15N3O/c18-11-6-12-20-16-10-5-4-9-15(16)19-17(20)13-21-14-7-2-1-3-8-14/h1-5,7-10H,6,12-13H2. The highest BCUT2D eigenvalue weighted by Crippen LogP contribution is 2.18. The van der Waals surface area contributed by atoms with Gasteiger partial charge in [0.05, 0.1) is 23.5 Å². The molecule has 0 radical (unpaired) electrons. The van der Waals surface area contributed by atoms with Crippen LogP contribution >= 0.6 is 0 Å². The molecule has 4 heteroatoms. The summed E-state index contributed by atoms with van der Waals surface area (Å²) in [6, 6.07) is 19.8. The summed E-state index contributed by atoms with van der Waals surface area (Å²) in [4.78, 5) is 4.61. The number of rotatable bonds is 5. The van der Waals surface area contributed by atoms with Gasteiger partial charge in [-0.25, -0.2) is 4.98 Å². The van der Waals surface area contributed by atoms with Gasteiger partial charge >= 0.3 is 0 Å². The maximum Gasteiger partial charge on any atom is 0.148 e. The Morgan fingerprint density at radius 1 is 1.05 bits per heavy atom. The molecule has 21 heavy (non-hydrogen) atoms. The first-order valence-corrected chi connectivity index (χ1v) is 6.87. The van der Waals surface area contributed by atoms with E-state index in [9.17, 15) is 0 Å². The number of aromatic nitrogens is 2. The number of fused-ring (bicyclic) bond motifs is 1. The zero-order valence-electron chi connectivity index (χ0n) is 11.6. The third-order valence-electron chi connectivity index (χ3n) is 3.29. The maximum atomic E-state index is 8.82. The molecule has 0 fully saturated rings. The summed E-state index contributed by atoms with van der Waals surface area (Å²) in [6.45, 7) is 1.02. The number of para-hydroxylation sites is 3. The van der Waals surface area contributed by atoms with Crippen LogP contribution in [0.2, 0.25) is 0 Å². The molecule has 0 bridgehead atoms. The lowest BCUT2D eigenvalue weighted by atomic mass is 10.3. The van der Waals surface area contributed by atoms with Crippen molar-refractivity contribution in [3.63, 3.8) is 0 Å². The van der Waals surface area contributed by atoms with Gasteiger partial charge in [-0.3, -0.25) is 0 Å². The highest BCUT2D eigenvalue weighted by Gasteiger charge is 2.10. The van der Waals surface area contributed by atoms with Crippen molar-refractivity contribution < 1.29 is 4.74 Å². The Morgan fingerprint density at radius 2 is 1.81 bits per heavy atom. The summed E-state index contributed by atoms with van der Waals surface area (Å²) in [5.41, 5.74) is 1.97. The van der Waals surface area contributed by atoms with Crippen LogP contribution < -0.4 is 4.74 Å². The molecule has 0 aliphatic heterocycles. The maximum absolute atomic E-state index is 8.82. The molecule has 104 valence electrons. The van der Waals surface area contributed by atoms with Crippen molar-refractivity contribution in [1.82, 2.24) is 9.55 Å². The fourth-order valence-electron chi connectivity index (χ4n) is 2.31. The minimum Gasteiger partial charge on any atom is -0.486 e. The molecule has 0 spiro atoms. The fourth-order valence-corrected chi connectivity index (χ4v) is 2.31. The van der Waals surface area contributed by atoms with E-state index in [4.69, 9.17) is 10.00 Å². The Labute approximate surface area is 123 Å². The molecule has 1 heterocycles. The average molecular weight is 277 g/mol. The highest BCUT2D eigenvalue weighted by atomic mass is 16.5. The number of imidazole rings is 1. The molecule has 3 aromatic rings. The van der Waals surface area contributed by atoms with Gasteiger partial charge in [-0.15, -0.1) is 0 Å². The lowest BCUT2D eigenvalue weighted by molar-refractivity contribution is 0.290. The van der Waals surface area contributed by atoms with Crippen molar-refractivity contribution >= 4 is 11.0 Å². The monoisotopic (exact) mass is 277 g/mol. The van der Waals surface area contributed by atoms with Gasteiger partial charge < -0.3 is 9.30 Å².